The summed E-state index contributed by atoms with van der Waals surface area (Å²) in [4.78, 5) is 17.4. The summed E-state index contributed by atoms with van der Waals surface area (Å²) in [6.45, 7) is 6.32. The second-order valence-electron chi connectivity index (χ2n) is 13.9. The zero-order chi connectivity index (χ0) is 28.7. The van der Waals surface area contributed by atoms with Crippen molar-refractivity contribution in [2.24, 2.45) is 28.4 Å². The van der Waals surface area contributed by atoms with Crippen LogP contribution in [0.25, 0.3) is 0 Å². The number of nitrogens with zero attached hydrogens (tertiary/aromatic N) is 1. The molecule has 6 rings (SSSR count). The van der Waals surface area contributed by atoms with Crippen LogP contribution in [-0.2, 0) is 9.57 Å². The second kappa shape index (κ2) is 9.73. The molecule has 5 aliphatic rings. The zero-order valence-corrected chi connectivity index (χ0v) is 24.2. The van der Waals surface area contributed by atoms with E-state index in [-0.39, 0.29) is 40.9 Å². The third kappa shape index (κ3) is 3.96. The maximum atomic E-state index is 12.5. The van der Waals surface area contributed by atoms with Crippen molar-refractivity contribution in [3.8, 4) is 0 Å². The van der Waals surface area contributed by atoms with E-state index in [0.717, 1.165) is 56.9 Å². The lowest BCUT2D eigenvalue weighted by Gasteiger charge is -2.62. The molecule has 0 bridgehead atoms. The van der Waals surface area contributed by atoms with Crippen LogP contribution in [0.1, 0.15) is 83.6 Å². The molecule has 5 N–H and O–H groups in total. The highest BCUT2D eigenvalue weighted by molar-refractivity contribution is 5.31. The van der Waals surface area contributed by atoms with Gasteiger partial charge in [0.05, 0.1) is 37.7 Å². The second-order valence-corrected chi connectivity index (χ2v) is 13.9. The first-order valence-corrected chi connectivity index (χ1v) is 15.0. The highest BCUT2D eigenvalue weighted by Crippen LogP contribution is 2.70. The molecule has 1 saturated heterocycles. The van der Waals surface area contributed by atoms with Crippen LogP contribution < -0.4 is 11.4 Å². The molecule has 9 heteroatoms. The van der Waals surface area contributed by atoms with Crippen molar-refractivity contribution < 1.29 is 29.3 Å². The number of rotatable bonds is 4. The third-order valence-corrected chi connectivity index (χ3v) is 12.1. The van der Waals surface area contributed by atoms with Gasteiger partial charge in [-0.1, -0.05) is 25.5 Å². The fraction of sp³-hybridized carbons (Fsp3) is 0.774. The molecule has 11 atom stereocenters. The van der Waals surface area contributed by atoms with Crippen molar-refractivity contribution in [2.45, 2.75) is 114 Å². The van der Waals surface area contributed by atoms with Gasteiger partial charge in [0, 0.05) is 11.5 Å². The van der Waals surface area contributed by atoms with Crippen LogP contribution >= 0.6 is 0 Å². The average molecular weight is 559 g/mol. The smallest absolute Gasteiger partial charge is 0.335 e. The molecule has 3 saturated carbocycles. The monoisotopic (exact) mass is 558 g/mol. The van der Waals surface area contributed by atoms with Gasteiger partial charge in [0.2, 0.25) is 0 Å². The predicted octanol–water partition coefficient (Wildman–Crippen LogP) is 2.83. The molecule has 4 aliphatic carbocycles. The van der Waals surface area contributed by atoms with Gasteiger partial charge in [-0.3, -0.25) is 4.84 Å². The maximum Gasteiger partial charge on any atom is 0.335 e. The molecule has 0 radical (unpaired) electrons. The lowest BCUT2D eigenvalue weighted by atomic mass is 9.45. The summed E-state index contributed by atoms with van der Waals surface area (Å²) in [6, 6.07) is 2.61. The Morgan fingerprint density at radius 1 is 1.05 bits per heavy atom. The summed E-state index contributed by atoms with van der Waals surface area (Å²) < 4.78 is 11.2. The lowest BCUT2D eigenvalue weighted by Crippen LogP contribution is -2.69. The highest BCUT2D eigenvalue weighted by atomic mass is 16.7. The van der Waals surface area contributed by atoms with E-state index in [1.165, 1.54) is 11.6 Å². The standard InChI is InChI=1S/C31H46N2O7/c1-28-12-9-20(33(38-4)27-30(3,36)26(35)24(32)17-40-27)15-19(28)6-7-23-22(28)10-13-29(2)21(11-14-31(23,29)37)18-5-8-25(34)39-16-18/h5,8,15-16,20-24,26-27,35-37H,6-7,9-14,17,32H2,1-4H3/t20?,21-,22?,23?,24+,26?,27+,28+,29-,30?,31+/m1/s1. The molecular formula is C31H46N2O7. The van der Waals surface area contributed by atoms with E-state index in [2.05, 4.69) is 19.9 Å². The number of hydrogen-bond acceptors (Lipinski definition) is 9. The van der Waals surface area contributed by atoms with Gasteiger partial charge in [-0.05, 0) is 93.1 Å². The summed E-state index contributed by atoms with van der Waals surface area (Å²) >= 11 is 0. The van der Waals surface area contributed by atoms with E-state index >= 15 is 0 Å². The van der Waals surface area contributed by atoms with Crippen LogP contribution in [0.2, 0.25) is 0 Å². The van der Waals surface area contributed by atoms with E-state index in [0.29, 0.717) is 5.92 Å². The van der Waals surface area contributed by atoms with Crippen molar-refractivity contribution in [3.63, 3.8) is 0 Å². The fourth-order valence-electron chi connectivity index (χ4n) is 9.76. The highest BCUT2D eigenvalue weighted by Gasteiger charge is 2.67. The van der Waals surface area contributed by atoms with E-state index in [4.69, 9.17) is 19.7 Å². The molecule has 5 unspecified atom stereocenters. The van der Waals surface area contributed by atoms with E-state index < -0.39 is 29.6 Å². The van der Waals surface area contributed by atoms with Crippen LogP contribution in [0.4, 0.5) is 0 Å². The molecule has 0 aromatic carbocycles. The van der Waals surface area contributed by atoms with Crippen molar-refractivity contribution >= 4 is 0 Å². The third-order valence-electron chi connectivity index (χ3n) is 12.1. The minimum absolute atomic E-state index is 0.0225. The fourth-order valence-corrected chi connectivity index (χ4v) is 9.76. The minimum Gasteiger partial charge on any atom is -0.431 e. The van der Waals surface area contributed by atoms with Crippen LogP contribution in [0, 0.1) is 22.7 Å². The normalized spacial score (nSPS) is 48.7. The molecule has 4 fully saturated rings. The molecule has 222 valence electrons. The molecule has 0 amide bonds. The van der Waals surface area contributed by atoms with Crippen LogP contribution in [0.5, 0.6) is 0 Å². The first-order valence-electron chi connectivity index (χ1n) is 15.0. The van der Waals surface area contributed by atoms with Crippen molar-refractivity contribution in [1.29, 1.82) is 0 Å². The molecule has 1 aromatic rings. The van der Waals surface area contributed by atoms with Crippen molar-refractivity contribution in [3.05, 3.63) is 46.0 Å². The van der Waals surface area contributed by atoms with Gasteiger partial charge in [-0.2, -0.15) is 5.06 Å². The number of fused-ring (bicyclic) bond motifs is 5. The molecule has 9 nitrogen and oxygen atoms in total. The van der Waals surface area contributed by atoms with Crippen molar-refractivity contribution in [1.82, 2.24) is 5.06 Å². The van der Waals surface area contributed by atoms with Crippen molar-refractivity contribution in [2.75, 3.05) is 13.7 Å². The number of allylic oxidation sites excluding steroid dienone is 1. The SMILES string of the molecule is CON(C1C=C2CCC3C(CC[C@]4(C)[C@@H](c5ccc(=O)oc5)CC[C@]34O)[C@@]2(C)CC1)[C@H]1OC[C@H](N)C(O)C1(C)O. The Bertz CT molecular complexity index is 1200. The Balaban J connectivity index is 1.25. The summed E-state index contributed by atoms with van der Waals surface area (Å²) in [7, 11) is 1.58. The van der Waals surface area contributed by atoms with Gasteiger partial charge in [-0.25, -0.2) is 4.79 Å². The minimum atomic E-state index is -1.58. The average Bonchev–Trinajstić information content (AvgIpc) is 3.20. The van der Waals surface area contributed by atoms with E-state index in [1.807, 2.05) is 6.07 Å². The van der Waals surface area contributed by atoms with Gasteiger partial charge in [0.25, 0.3) is 0 Å². The van der Waals surface area contributed by atoms with Gasteiger partial charge in [-0.15, -0.1) is 0 Å². The Labute approximate surface area is 236 Å². The maximum absolute atomic E-state index is 12.5. The van der Waals surface area contributed by atoms with E-state index in [9.17, 15) is 20.1 Å². The number of aliphatic hydroxyl groups excluding tert-OH is 1. The molecule has 1 aromatic heterocycles. The van der Waals surface area contributed by atoms with Gasteiger partial charge >= 0.3 is 5.63 Å². The molecule has 0 spiro atoms. The van der Waals surface area contributed by atoms with Gasteiger partial charge in [0.15, 0.2) is 6.23 Å². The quantitative estimate of drug-likeness (QED) is 0.325. The number of hydrogen-bond donors (Lipinski definition) is 4. The Kier molecular flexibility index (Phi) is 6.94. The predicted molar refractivity (Wildman–Crippen MR) is 148 cm³/mol. The van der Waals surface area contributed by atoms with E-state index in [1.54, 1.807) is 25.4 Å². The Morgan fingerprint density at radius 3 is 2.52 bits per heavy atom. The topological polar surface area (TPSA) is 139 Å². The number of aliphatic hydroxyl groups is 3. The van der Waals surface area contributed by atoms with Crippen LogP contribution in [-0.4, -0.2) is 69.7 Å². The molecule has 1 aliphatic heterocycles. The summed E-state index contributed by atoms with van der Waals surface area (Å²) in [5.41, 5.74) is 5.41. The lowest BCUT2D eigenvalue weighted by molar-refractivity contribution is -0.332. The first kappa shape index (κ1) is 28.5. The van der Waals surface area contributed by atoms with Gasteiger partial charge < -0.3 is 30.2 Å². The summed E-state index contributed by atoms with van der Waals surface area (Å²) in [5, 5.41) is 35.9. The van der Waals surface area contributed by atoms with Gasteiger partial charge in [0.1, 0.15) is 11.7 Å². The van der Waals surface area contributed by atoms with Crippen LogP contribution in [0.15, 0.2) is 39.3 Å². The first-order chi connectivity index (χ1) is 18.9. The molecule has 40 heavy (non-hydrogen) atoms. The number of nitrogens with two attached hydrogens (primary N) is 1. The number of ether oxygens (including phenoxy) is 1. The number of hydroxylamine groups is 2. The van der Waals surface area contributed by atoms with Crippen LogP contribution in [0.3, 0.4) is 0 Å². The zero-order valence-electron chi connectivity index (χ0n) is 24.2. The Morgan fingerprint density at radius 2 is 1.82 bits per heavy atom. The summed E-state index contributed by atoms with van der Waals surface area (Å²) in [5.74, 6) is 0.761. The summed E-state index contributed by atoms with van der Waals surface area (Å²) in [6.07, 6.45) is 9.17. The molecular weight excluding hydrogens is 512 g/mol. The largest absolute Gasteiger partial charge is 0.431 e. The molecule has 2 heterocycles. The Hall–Kier alpha value is -1.59.